The lowest BCUT2D eigenvalue weighted by atomic mass is 10.4. The number of unbranched alkanes of at least 4 members (excludes halogenated alkanes) is 1. The van der Waals surface area contributed by atoms with Gasteiger partial charge in [-0.2, -0.15) is 0 Å². The van der Waals surface area contributed by atoms with E-state index in [0.29, 0.717) is 18.8 Å². The lowest BCUT2D eigenvalue weighted by Crippen LogP contribution is -2.32. The molecular formula is C8H19NO2S. The monoisotopic (exact) mass is 193 g/mol. The summed E-state index contributed by atoms with van der Waals surface area (Å²) in [7, 11) is -2.95. The van der Waals surface area contributed by atoms with E-state index >= 15 is 0 Å². The van der Waals surface area contributed by atoms with Gasteiger partial charge < -0.3 is 0 Å². The first-order valence-corrected chi connectivity index (χ1v) is 6.17. The molecule has 0 aliphatic heterocycles. The number of rotatable bonds is 6. The van der Waals surface area contributed by atoms with Crippen LogP contribution in [0.5, 0.6) is 0 Å². The van der Waals surface area contributed by atoms with Gasteiger partial charge in [-0.3, -0.25) is 0 Å². The Kier molecular flexibility index (Phi) is 5.50. The van der Waals surface area contributed by atoms with Crippen LogP contribution in [0.1, 0.15) is 33.6 Å². The smallest absolute Gasteiger partial charge is 0.212 e. The molecule has 3 nitrogen and oxygen atoms in total. The zero-order valence-corrected chi connectivity index (χ0v) is 9.02. The predicted octanol–water partition coefficient (Wildman–Crippen LogP) is 1.46. The second-order valence-corrected chi connectivity index (χ2v) is 4.84. The Morgan fingerprint density at radius 3 is 1.92 bits per heavy atom. The zero-order chi connectivity index (χ0) is 9.61. The number of sulfonamides is 1. The van der Waals surface area contributed by atoms with Crippen molar-refractivity contribution in [3.63, 3.8) is 0 Å². The average molecular weight is 193 g/mol. The molecule has 0 N–H and O–H groups in total. The molecule has 0 aromatic carbocycles. The van der Waals surface area contributed by atoms with Crippen molar-refractivity contribution in [2.45, 2.75) is 33.6 Å². The molecule has 0 bridgehead atoms. The van der Waals surface area contributed by atoms with Gasteiger partial charge in [0.05, 0.1) is 5.75 Å². The van der Waals surface area contributed by atoms with E-state index in [1.54, 1.807) is 0 Å². The maximum absolute atomic E-state index is 11.5. The van der Waals surface area contributed by atoms with Gasteiger partial charge in [-0.15, -0.1) is 0 Å². The standard InChI is InChI=1S/C8H19NO2S/c1-4-7-8-12(10,11)9(5-2)6-3/h4-8H2,1-3H3. The van der Waals surface area contributed by atoms with Gasteiger partial charge in [0.2, 0.25) is 10.0 Å². The Balaban J connectivity index is 4.17. The Bertz CT molecular complexity index is 195. The molecule has 0 spiro atoms. The van der Waals surface area contributed by atoms with Crippen LogP contribution in [0.15, 0.2) is 0 Å². The molecule has 0 atom stereocenters. The first kappa shape index (κ1) is 11.9. The minimum Gasteiger partial charge on any atom is -0.212 e. The SMILES string of the molecule is CCCCS(=O)(=O)N(CC)CC. The van der Waals surface area contributed by atoms with Gasteiger partial charge in [0.1, 0.15) is 0 Å². The van der Waals surface area contributed by atoms with E-state index in [9.17, 15) is 8.42 Å². The maximum atomic E-state index is 11.5. The Hall–Kier alpha value is -0.0900. The summed E-state index contributed by atoms with van der Waals surface area (Å²) in [6.45, 7) is 6.91. The van der Waals surface area contributed by atoms with Gasteiger partial charge in [-0.25, -0.2) is 12.7 Å². The summed E-state index contributed by atoms with van der Waals surface area (Å²) in [6.07, 6.45) is 1.69. The predicted molar refractivity (Wildman–Crippen MR) is 51.6 cm³/mol. The molecule has 0 aromatic rings. The van der Waals surface area contributed by atoms with E-state index in [2.05, 4.69) is 0 Å². The average Bonchev–Trinajstić information content (AvgIpc) is 2.03. The van der Waals surface area contributed by atoms with E-state index in [-0.39, 0.29) is 0 Å². The summed E-state index contributed by atoms with van der Waals surface area (Å²) >= 11 is 0. The lowest BCUT2D eigenvalue weighted by molar-refractivity contribution is 0.444. The second kappa shape index (κ2) is 5.54. The third-order valence-electron chi connectivity index (χ3n) is 1.85. The summed E-state index contributed by atoms with van der Waals surface area (Å²) in [5.74, 6) is 0.297. The van der Waals surface area contributed by atoms with Gasteiger partial charge >= 0.3 is 0 Å². The molecule has 0 aliphatic rings. The van der Waals surface area contributed by atoms with Crippen LogP contribution < -0.4 is 0 Å². The van der Waals surface area contributed by atoms with E-state index in [1.165, 1.54) is 4.31 Å². The van der Waals surface area contributed by atoms with Crippen LogP contribution in [0.25, 0.3) is 0 Å². The highest BCUT2D eigenvalue weighted by molar-refractivity contribution is 7.89. The van der Waals surface area contributed by atoms with Gasteiger partial charge in [0, 0.05) is 13.1 Å². The molecule has 0 aromatic heterocycles. The van der Waals surface area contributed by atoms with Crippen LogP contribution in [-0.2, 0) is 10.0 Å². The van der Waals surface area contributed by atoms with E-state index in [4.69, 9.17) is 0 Å². The number of hydrogen-bond donors (Lipinski definition) is 0. The fraction of sp³-hybridized carbons (Fsp3) is 1.00. The molecule has 0 aliphatic carbocycles. The van der Waals surface area contributed by atoms with Crippen LogP contribution in [0.2, 0.25) is 0 Å². The first-order valence-electron chi connectivity index (χ1n) is 4.56. The quantitative estimate of drug-likeness (QED) is 0.640. The highest BCUT2D eigenvalue weighted by atomic mass is 32.2. The minimum absolute atomic E-state index is 0.297. The number of nitrogens with zero attached hydrogens (tertiary/aromatic N) is 1. The largest absolute Gasteiger partial charge is 0.214 e. The van der Waals surface area contributed by atoms with Crippen LogP contribution in [-0.4, -0.2) is 31.6 Å². The van der Waals surface area contributed by atoms with E-state index < -0.39 is 10.0 Å². The maximum Gasteiger partial charge on any atom is 0.214 e. The molecule has 0 unspecified atom stereocenters. The second-order valence-electron chi connectivity index (χ2n) is 2.75. The van der Waals surface area contributed by atoms with Gasteiger partial charge in [-0.05, 0) is 6.42 Å². The molecule has 0 amide bonds. The fourth-order valence-electron chi connectivity index (χ4n) is 1.07. The fourth-order valence-corrected chi connectivity index (χ4v) is 2.77. The summed E-state index contributed by atoms with van der Waals surface area (Å²) in [5, 5.41) is 0. The van der Waals surface area contributed by atoms with E-state index in [0.717, 1.165) is 12.8 Å². The van der Waals surface area contributed by atoms with Crippen LogP contribution in [0.3, 0.4) is 0 Å². The highest BCUT2D eigenvalue weighted by Crippen LogP contribution is 2.03. The Morgan fingerprint density at radius 2 is 1.58 bits per heavy atom. The Labute approximate surface area is 75.8 Å². The van der Waals surface area contributed by atoms with Crippen LogP contribution in [0.4, 0.5) is 0 Å². The molecule has 4 heteroatoms. The summed E-state index contributed by atoms with van der Waals surface area (Å²) in [6, 6.07) is 0. The summed E-state index contributed by atoms with van der Waals surface area (Å²) in [4.78, 5) is 0. The van der Waals surface area contributed by atoms with Gasteiger partial charge in [-0.1, -0.05) is 27.2 Å². The first-order chi connectivity index (χ1) is 5.58. The van der Waals surface area contributed by atoms with Crippen molar-refractivity contribution in [3.8, 4) is 0 Å². The summed E-state index contributed by atoms with van der Waals surface area (Å²) < 4.78 is 24.5. The minimum atomic E-state index is -2.95. The Morgan fingerprint density at radius 1 is 1.08 bits per heavy atom. The third-order valence-corrected chi connectivity index (χ3v) is 3.96. The molecular weight excluding hydrogens is 174 g/mol. The van der Waals surface area contributed by atoms with Crippen molar-refractivity contribution in [3.05, 3.63) is 0 Å². The van der Waals surface area contributed by atoms with Crippen molar-refractivity contribution in [1.29, 1.82) is 0 Å². The molecule has 0 rings (SSSR count). The molecule has 0 fully saturated rings. The zero-order valence-electron chi connectivity index (χ0n) is 8.21. The van der Waals surface area contributed by atoms with E-state index in [1.807, 2.05) is 20.8 Å². The normalized spacial score (nSPS) is 12.3. The summed E-state index contributed by atoms with van der Waals surface area (Å²) in [5.41, 5.74) is 0. The van der Waals surface area contributed by atoms with Crippen LogP contribution >= 0.6 is 0 Å². The molecule has 0 saturated carbocycles. The van der Waals surface area contributed by atoms with Crippen LogP contribution in [0, 0.1) is 0 Å². The highest BCUT2D eigenvalue weighted by Gasteiger charge is 2.16. The van der Waals surface area contributed by atoms with Crippen molar-refractivity contribution >= 4 is 10.0 Å². The topological polar surface area (TPSA) is 37.4 Å². The molecule has 0 heterocycles. The van der Waals surface area contributed by atoms with Gasteiger partial charge in [0.25, 0.3) is 0 Å². The van der Waals surface area contributed by atoms with Crippen molar-refractivity contribution in [1.82, 2.24) is 4.31 Å². The van der Waals surface area contributed by atoms with Crippen molar-refractivity contribution in [2.75, 3.05) is 18.8 Å². The molecule has 74 valence electrons. The van der Waals surface area contributed by atoms with Crippen molar-refractivity contribution < 1.29 is 8.42 Å². The molecule has 12 heavy (non-hydrogen) atoms. The van der Waals surface area contributed by atoms with Crippen molar-refractivity contribution in [2.24, 2.45) is 0 Å². The molecule has 0 saturated heterocycles. The lowest BCUT2D eigenvalue weighted by Gasteiger charge is -2.17. The van der Waals surface area contributed by atoms with Gasteiger partial charge in [0.15, 0.2) is 0 Å². The molecule has 0 radical (unpaired) electrons. The number of hydrogen-bond acceptors (Lipinski definition) is 2. The third kappa shape index (κ3) is 3.54.